The van der Waals surface area contributed by atoms with E-state index in [-0.39, 0.29) is 6.04 Å². The molecule has 0 saturated heterocycles. The second kappa shape index (κ2) is 6.33. The third-order valence-corrected chi connectivity index (χ3v) is 2.72. The summed E-state index contributed by atoms with van der Waals surface area (Å²) < 4.78 is 5.44. The van der Waals surface area contributed by atoms with Crippen molar-refractivity contribution in [3.63, 3.8) is 0 Å². The van der Waals surface area contributed by atoms with Gasteiger partial charge in [0.25, 0.3) is 0 Å². The summed E-state index contributed by atoms with van der Waals surface area (Å²) in [6.07, 6.45) is 0.911. The van der Waals surface area contributed by atoms with Crippen molar-refractivity contribution in [2.24, 2.45) is 5.73 Å². The summed E-state index contributed by atoms with van der Waals surface area (Å²) in [6.45, 7) is 3.06. The van der Waals surface area contributed by atoms with Crippen LogP contribution < -0.4 is 5.73 Å². The third kappa shape index (κ3) is 4.39. The maximum absolute atomic E-state index is 5.98. The molecule has 0 amide bonds. The van der Waals surface area contributed by atoms with E-state index in [1.54, 1.807) is 12.1 Å². The van der Waals surface area contributed by atoms with Gasteiger partial charge in [-0.05, 0) is 24.1 Å². The average Bonchev–Trinajstić information content (AvgIpc) is 2.21. The largest absolute Gasteiger partial charge is 0.375 e. The van der Waals surface area contributed by atoms with E-state index in [4.69, 9.17) is 33.7 Å². The Labute approximate surface area is 100 Å². The summed E-state index contributed by atoms with van der Waals surface area (Å²) in [7, 11) is 0. The van der Waals surface area contributed by atoms with Gasteiger partial charge in [0, 0.05) is 16.1 Å². The highest BCUT2D eigenvalue weighted by atomic mass is 35.5. The second-order valence-electron chi connectivity index (χ2n) is 3.42. The van der Waals surface area contributed by atoms with E-state index in [9.17, 15) is 0 Å². The zero-order chi connectivity index (χ0) is 11.3. The second-order valence-corrected chi connectivity index (χ2v) is 4.26. The predicted octanol–water partition coefficient (Wildman–Crippen LogP) is 3.25. The van der Waals surface area contributed by atoms with Crippen LogP contribution in [-0.2, 0) is 11.3 Å². The average molecular weight is 248 g/mol. The molecule has 0 unspecified atom stereocenters. The monoisotopic (exact) mass is 247 g/mol. The number of benzene rings is 1. The summed E-state index contributed by atoms with van der Waals surface area (Å²) in [6, 6.07) is 5.46. The first-order valence-corrected chi connectivity index (χ1v) is 5.66. The molecule has 0 bridgehead atoms. The zero-order valence-corrected chi connectivity index (χ0v) is 10.2. The molecule has 0 aliphatic heterocycles. The van der Waals surface area contributed by atoms with Gasteiger partial charge in [-0.25, -0.2) is 0 Å². The van der Waals surface area contributed by atoms with Gasteiger partial charge in [-0.1, -0.05) is 36.2 Å². The van der Waals surface area contributed by atoms with Crippen LogP contribution in [0.1, 0.15) is 18.9 Å². The number of nitrogens with two attached hydrogens (primary N) is 1. The molecule has 15 heavy (non-hydrogen) atoms. The molecule has 1 aromatic carbocycles. The Bertz CT molecular complexity index is 317. The molecule has 0 spiro atoms. The molecule has 84 valence electrons. The molecule has 0 aliphatic rings. The lowest BCUT2D eigenvalue weighted by atomic mass is 10.2. The highest BCUT2D eigenvalue weighted by molar-refractivity contribution is 6.35. The zero-order valence-electron chi connectivity index (χ0n) is 8.67. The number of hydrogen-bond donors (Lipinski definition) is 1. The first kappa shape index (κ1) is 12.8. The van der Waals surface area contributed by atoms with Gasteiger partial charge in [0.05, 0.1) is 13.2 Å². The van der Waals surface area contributed by atoms with Crippen molar-refractivity contribution in [2.45, 2.75) is 26.0 Å². The molecule has 2 N–H and O–H groups in total. The minimum absolute atomic E-state index is 0.0936. The quantitative estimate of drug-likeness (QED) is 0.868. The summed E-state index contributed by atoms with van der Waals surface area (Å²) in [5.74, 6) is 0. The molecule has 1 aromatic rings. The van der Waals surface area contributed by atoms with E-state index in [2.05, 4.69) is 0 Å². The Balaban J connectivity index is 2.44. The molecular weight excluding hydrogens is 233 g/mol. The Morgan fingerprint density at radius 2 is 2.13 bits per heavy atom. The number of halogens is 2. The molecule has 0 aliphatic carbocycles. The van der Waals surface area contributed by atoms with Crippen LogP contribution in [0.25, 0.3) is 0 Å². The summed E-state index contributed by atoms with van der Waals surface area (Å²) in [5, 5.41) is 1.27. The fraction of sp³-hybridized carbons (Fsp3) is 0.455. The Morgan fingerprint density at radius 3 is 2.73 bits per heavy atom. The number of ether oxygens (including phenoxy) is 1. The van der Waals surface area contributed by atoms with Crippen molar-refractivity contribution in [1.82, 2.24) is 0 Å². The van der Waals surface area contributed by atoms with Gasteiger partial charge in [0.1, 0.15) is 0 Å². The van der Waals surface area contributed by atoms with Crippen molar-refractivity contribution in [3.05, 3.63) is 33.8 Å². The minimum Gasteiger partial charge on any atom is -0.375 e. The van der Waals surface area contributed by atoms with Gasteiger partial charge in [0.15, 0.2) is 0 Å². The molecule has 2 nitrogen and oxygen atoms in total. The van der Waals surface area contributed by atoms with E-state index in [1.807, 2.05) is 13.0 Å². The third-order valence-electron chi connectivity index (χ3n) is 2.13. The van der Waals surface area contributed by atoms with Crippen LogP contribution in [0.5, 0.6) is 0 Å². The van der Waals surface area contributed by atoms with Gasteiger partial charge in [-0.15, -0.1) is 0 Å². The highest BCUT2D eigenvalue weighted by Gasteiger charge is 2.03. The number of hydrogen-bond acceptors (Lipinski definition) is 2. The van der Waals surface area contributed by atoms with Crippen LogP contribution in [-0.4, -0.2) is 12.6 Å². The van der Waals surface area contributed by atoms with E-state index in [0.717, 1.165) is 12.0 Å². The van der Waals surface area contributed by atoms with E-state index >= 15 is 0 Å². The van der Waals surface area contributed by atoms with Crippen molar-refractivity contribution < 1.29 is 4.74 Å². The van der Waals surface area contributed by atoms with E-state index in [0.29, 0.717) is 23.3 Å². The van der Waals surface area contributed by atoms with Crippen molar-refractivity contribution in [3.8, 4) is 0 Å². The Kier molecular flexibility index (Phi) is 5.40. The van der Waals surface area contributed by atoms with Gasteiger partial charge >= 0.3 is 0 Å². The molecule has 0 fully saturated rings. The van der Waals surface area contributed by atoms with Crippen molar-refractivity contribution in [2.75, 3.05) is 6.61 Å². The maximum atomic E-state index is 5.98. The summed E-state index contributed by atoms with van der Waals surface area (Å²) in [4.78, 5) is 0. The van der Waals surface area contributed by atoms with Crippen LogP contribution in [0.2, 0.25) is 10.0 Å². The topological polar surface area (TPSA) is 35.2 Å². The lowest BCUT2D eigenvalue weighted by Crippen LogP contribution is -2.24. The SMILES string of the molecule is CC[C@@H](N)COCc1ccc(Cl)cc1Cl. The maximum Gasteiger partial charge on any atom is 0.0732 e. The molecule has 0 heterocycles. The Morgan fingerprint density at radius 1 is 1.40 bits per heavy atom. The minimum atomic E-state index is 0.0936. The Hall–Kier alpha value is -0.280. The molecular formula is C11H15Cl2NO. The molecule has 0 radical (unpaired) electrons. The van der Waals surface area contributed by atoms with E-state index in [1.165, 1.54) is 0 Å². The fourth-order valence-electron chi connectivity index (χ4n) is 1.08. The van der Waals surface area contributed by atoms with Crippen LogP contribution in [0.15, 0.2) is 18.2 Å². The van der Waals surface area contributed by atoms with Gasteiger partial charge < -0.3 is 10.5 Å². The van der Waals surface area contributed by atoms with E-state index < -0.39 is 0 Å². The molecule has 0 saturated carbocycles. The molecule has 0 aromatic heterocycles. The summed E-state index contributed by atoms with van der Waals surface area (Å²) in [5.41, 5.74) is 6.65. The molecule has 4 heteroatoms. The van der Waals surface area contributed by atoms with Crippen LogP contribution in [0.4, 0.5) is 0 Å². The van der Waals surface area contributed by atoms with Crippen LogP contribution >= 0.6 is 23.2 Å². The predicted molar refractivity (Wildman–Crippen MR) is 64.4 cm³/mol. The smallest absolute Gasteiger partial charge is 0.0732 e. The normalized spacial score (nSPS) is 12.8. The molecule has 1 rings (SSSR count). The van der Waals surface area contributed by atoms with Crippen molar-refractivity contribution in [1.29, 1.82) is 0 Å². The lowest BCUT2D eigenvalue weighted by molar-refractivity contribution is 0.107. The van der Waals surface area contributed by atoms with Gasteiger partial charge in [-0.3, -0.25) is 0 Å². The highest BCUT2D eigenvalue weighted by Crippen LogP contribution is 2.21. The fourth-order valence-corrected chi connectivity index (χ4v) is 1.54. The van der Waals surface area contributed by atoms with Crippen LogP contribution in [0, 0.1) is 0 Å². The van der Waals surface area contributed by atoms with Crippen molar-refractivity contribution >= 4 is 23.2 Å². The first-order chi connectivity index (χ1) is 7.13. The van der Waals surface area contributed by atoms with Crippen LogP contribution in [0.3, 0.4) is 0 Å². The number of rotatable bonds is 5. The lowest BCUT2D eigenvalue weighted by Gasteiger charge is -2.10. The van der Waals surface area contributed by atoms with Gasteiger partial charge in [0.2, 0.25) is 0 Å². The van der Waals surface area contributed by atoms with Gasteiger partial charge in [-0.2, -0.15) is 0 Å². The molecule has 1 atom stereocenters. The standard InChI is InChI=1S/C11H15Cl2NO/c1-2-10(14)7-15-6-8-3-4-9(12)5-11(8)13/h3-5,10H,2,6-7,14H2,1H3/t10-/m1/s1. The summed E-state index contributed by atoms with van der Waals surface area (Å²) >= 11 is 11.8. The first-order valence-electron chi connectivity index (χ1n) is 4.90.